The highest BCUT2D eigenvalue weighted by atomic mass is 35.5. The van der Waals surface area contributed by atoms with Crippen molar-refractivity contribution in [3.63, 3.8) is 0 Å². The van der Waals surface area contributed by atoms with E-state index in [0.717, 1.165) is 0 Å². The summed E-state index contributed by atoms with van der Waals surface area (Å²) in [7, 11) is 0. The van der Waals surface area contributed by atoms with E-state index in [-0.39, 0.29) is 5.84 Å². The average Bonchev–Trinajstić information content (AvgIpc) is 2.16. The van der Waals surface area contributed by atoms with Crippen LogP contribution in [0, 0.1) is 5.41 Å². The second-order valence-electron chi connectivity index (χ2n) is 2.74. The van der Waals surface area contributed by atoms with Crippen molar-refractivity contribution in [2.75, 3.05) is 0 Å². The minimum Gasteiger partial charge on any atom is -0.480 e. The van der Waals surface area contributed by atoms with Gasteiger partial charge in [0, 0.05) is 5.56 Å². The maximum absolute atomic E-state index is 10.6. The lowest BCUT2D eigenvalue weighted by Gasteiger charge is -2.06. The van der Waals surface area contributed by atoms with Crippen molar-refractivity contribution in [1.29, 1.82) is 5.41 Å². The molecule has 0 aromatic heterocycles. The van der Waals surface area contributed by atoms with Crippen molar-refractivity contribution in [2.24, 2.45) is 5.73 Å². The first-order chi connectivity index (χ1) is 6.52. The predicted octanol–water partition coefficient (Wildman–Crippen LogP) is 1.34. The normalized spacial score (nSPS) is 12.1. The van der Waals surface area contributed by atoms with Gasteiger partial charge in [-0.3, -0.25) is 10.2 Å². The highest BCUT2D eigenvalue weighted by Gasteiger charge is 2.16. The molecule has 0 bridgehead atoms. The van der Waals surface area contributed by atoms with E-state index in [4.69, 9.17) is 27.9 Å². The molecule has 4 N–H and O–H groups in total. The lowest BCUT2D eigenvalue weighted by molar-refractivity contribution is -0.136. The molecule has 1 unspecified atom stereocenters. The van der Waals surface area contributed by atoms with Crippen LogP contribution in [-0.4, -0.2) is 16.9 Å². The van der Waals surface area contributed by atoms with Crippen LogP contribution >= 0.6 is 11.6 Å². The number of rotatable bonds is 3. The monoisotopic (exact) mass is 212 g/mol. The van der Waals surface area contributed by atoms with Gasteiger partial charge in [-0.1, -0.05) is 18.2 Å². The van der Waals surface area contributed by atoms with Gasteiger partial charge in [0.1, 0.15) is 5.84 Å². The molecule has 1 atom stereocenters. The number of carboxylic acid groups (broad SMARTS) is 1. The Morgan fingerprint density at radius 3 is 2.71 bits per heavy atom. The molecular formula is C9H9ClN2O2. The Labute approximate surface area is 85.8 Å². The zero-order valence-corrected chi connectivity index (χ0v) is 7.95. The van der Waals surface area contributed by atoms with E-state index in [2.05, 4.69) is 0 Å². The Hall–Kier alpha value is -1.55. The number of alkyl halides is 1. The fourth-order valence-electron chi connectivity index (χ4n) is 1.01. The maximum atomic E-state index is 10.6. The largest absolute Gasteiger partial charge is 0.480 e. The van der Waals surface area contributed by atoms with Crippen molar-refractivity contribution >= 4 is 23.4 Å². The van der Waals surface area contributed by atoms with Crippen LogP contribution in [0.5, 0.6) is 0 Å². The lowest BCUT2D eigenvalue weighted by atomic mass is 10.1. The number of aliphatic carboxylic acids is 1. The summed E-state index contributed by atoms with van der Waals surface area (Å²) in [5.74, 6) is -1.23. The van der Waals surface area contributed by atoms with Crippen molar-refractivity contribution in [2.45, 2.75) is 5.38 Å². The van der Waals surface area contributed by atoms with E-state index in [1.54, 1.807) is 18.2 Å². The van der Waals surface area contributed by atoms with Gasteiger partial charge in [-0.15, -0.1) is 11.6 Å². The lowest BCUT2D eigenvalue weighted by Crippen LogP contribution is -2.12. The Morgan fingerprint density at radius 2 is 2.21 bits per heavy atom. The van der Waals surface area contributed by atoms with Crippen LogP contribution in [0.3, 0.4) is 0 Å². The molecule has 0 aliphatic rings. The maximum Gasteiger partial charge on any atom is 0.326 e. The molecule has 0 radical (unpaired) electrons. The van der Waals surface area contributed by atoms with E-state index < -0.39 is 11.3 Å². The number of benzene rings is 1. The van der Waals surface area contributed by atoms with E-state index in [0.29, 0.717) is 11.1 Å². The van der Waals surface area contributed by atoms with Crippen LogP contribution in [0.15, 0.2) is 24.3 Å². The zero-order chi connectivity index (χ0) is 10.7. The van der Waals surface area contributed by atoms with E-state index in [1.165, 1.54) is 6.07 Å². The third-order valence-electron chi connectivity index (χ3n) is 1.71. The Balaban J connectivity index is 3.05. The first-order valence-corrected chi connectivity index (χ1v) is 4.27. The number of carbonyl (C=O) groups is 1. The van der Waals surface area contributed by atoms with Gasteiger partial charge >= 0.3 is 5.97 Å². The third kappa shape index (κ3) is 2.23. The first kappa shape index (κ1) is 10.5. The van der Waals surface area contributed by atoms with E-state index >= 15 is 0 Å². The van der Waals surface area contributed by atoms with Gasteiger partial charge in [0.2, 0.25) is 0 Å². The van der Waals surface area contributed by atoms with Crippen LogP contribution in [-0.2, 0) is 4.79 Å². The summed E-state index contributed by atoms with van der Waals surface area (Å²) in [5, 5.41) is 14.7. The van der Waals surface area contributed by atoms with Crippen LogP contribution < -0.4 is 5.73 Å². The van der Waals surface area contributed by atoms with Crippen LogP contribution in [0.2, 0.25) is 0 Å². The summed E-state index contributed by atoms with van der Waals surface area (Å²) in [6.07, 6.45) is 0. The number of hydrogen-bond donors (Lipinski definition) is 3. The number of nitrogens with two attached hydrogens (primary N) is 1. The first-order valence-electron chi connectivity index (χ1n) is 3.83. The van der Waals surface area contributed by atoms with Gasteiger partial charge < -0.3 is 10.8 Å². The zero-order valence-electron chi connectivity index (χ0n) is 7.20. The molecule has 4 nitrogen and oxygen atoms in total. The summed E-state index contributed by atoms with van der Waals surface area (Å²) < 4.78 is 0. The molecule has 1 rings (SSSR count). The van der Waals surface area contributed by atoms with Gasteiger partial charge in [0.15, 0.2) is 5.38 Å². The highest BCUT2D eigenvalue weighted by Crippen LogP contribution is 2.21. The number of halogens is 1. The van der Waals surface area contributed by atoms with Gasteiger partial charge in [-0.25, -0.2) is 0 Å². The van der Waals surface area contributed by atoms with Crippen molar-refractivity contribution < 1.29 is 9.90 Å². The van der Waals surface area contributed by atoms with Crippen LogP contribution in [0.25, 0.3) is 0 Å². The van der Waals surface area contributed by atoms with E-state index in [9.17, 15) is 4.79 Å². The molecule has 0 heterocycles. The van der Waals surface area contributed by atoms with Crippen molar-refractivity contribution in [3.8, 4) is 0 Å². The molecule has 1 aromatic rings. The smallest absolute Gasteiger partial charge is 0.326 e. The van der Waals surface area contributed by atoms with Gasteiger partial charge in [0.05, 0.1) is 0 Å². The molecule has 0 aliphatic carbocycles. The minimum atomic E-state index is -1.12. The highest BCUT2D eigenvalue weighted by molar-refractivity contribution is 6.29. The topological polar surface area (TPSA) is 87.2 Å². The van der Waals surface area contributed by atoms with Gasteiger partial charge in [-0.2, -0.15) is 0 Å². The Kier molecular flexibility index (Phi) is 3.09. The van der Waals surface area contributed by atoms with Crippen LogP contribution in [0.4, 0.5) is 0 Å². The average molecular weight is 213 g/mol. The Morgan fingerprint density at radius 1 is 1.57 bits per heavy atom. The molecule has 1 aromatic carbocycles. The second kappa shape index (κ2) is 4.11. The Bertz CT molecular complexity index is 379. The molecule has 74 valence electrons. The second-order valence-corrected chi connectivity index (χ2v) is 3.18. The van der Waals surface area contributed by atoms with E-state index in [1.807, 2.05) is 0 Å². The molecule has 0 saturated carbocycles. The summed E-state index contributed by atoms with van der Waals surface area (Å²) in [5.41, 5.74) is 6.14. The van der Waals surface area contributed by atoms with Gasteiger partial charge in [0.25, 0.3) is 0 Å². The number of hydrogen-bond acceptors (Lipinski definition) is 2. The number of nitrogens with one attached hydrogen (secondary N) is 1. The molecular weight excluding hydrogens is 204 g/mol. The molecule has 14 heavy (non-hydrogen) atoms. The fraction of sp³-hybridized carbons (Fsp3) is 0.111. The van der Waals surface area contributed by atoms with Crippen molar-refractivity contribution in [1.82, 2.24) is 0 Å². The van der Waals surface area contributed by atoms with Crippen LogP contribution in [0.1, 0.15) is 16.5 Å². The quantitative estimate of drug-likeness (QED) is 0.401. The number of nitrogen functional groups attached to an aromatic ring is 1. The predicted molar refractivity (Wildman–Crippen MR) is 53.7 cm³/mol. The minimum absolute atomic E-state index is 0.110. The summed E-state index contributed by atoms with van der Waals surface area (Å²) in [6, 6.07) is 6.31. The molecule has 0 amide bonds. The summed E-state index contributed by atoms with van der Waals surface area (Å²) in [4.78, 5) is 10.6. The number of carboxylic acids is 1. The van der Waals surface area contributed by atoms with Crippen molar-refractivity contribution in [3.05, 3.63) is 35.4 Å². The SMILES string of the molecule is N=C(N)c1cccc(C(Cl)C(=O)O)c1. The third-order valence-corrected chi connectivity index (χ3v) is 2.15. The molecule has 5 heteroatoms. The summed E-state index contributed by atoms with van der Waals surface area (Å²) >= 11 is 5.61. The fourth-order valence-corrected chi connectivity index (χ4v) is 1.14. The molecule has 0 saturated heterocycles. The van der Waals surface area contributed by atoms with Gasteiger partial charge in [-0.05, 0) is 11.6 Å². The molecule has 0 spiro atoms. The standard InChI is InChI=1S/C9H9ClN2O2/c10-7(9(13)14)5-2-1-3-6(4-5)8(11)12/h1-4,7H,(H3,11,12)(H,13,14). The summed E-state index contributed by atoms with van der Waals surface area (Å²) in [6.45, 7) is 0. The molecule has 0 fully saturated rings. The molecule has 0 aliphatic heterocycles. The number of amidine groups is 1.